The minimum Gasteiger partial charge on any atom is -0.475 e. The van der Waals surface area contributed by atoms with Crippen LogP contribution in [0.1, 0.15) is 74.9 Å². The molecule has 5 rings (SSSR count). The van der Waals surface area contributed by atoms with Gasteiger partial charge in [-0.1, -0.05) is 52.0 Å². The molecule has 0 unspecified atom stereocenters. The van der Waals surface area contributed by atoms with E-state index in [1.54, 1.807) is 18.2 Å². The van der Waals surface area contributed by atoms with Crippen molar-refractivity contribution < 1.29 is 27.5 Å². The zero-order chi connectivity index (χ0) is 34.1. The minimum absolute atomic E-state index is 0.0641. The van der Waals surface area contributed by atoms with E-state index < -0.39 is 16.1 Å². The molecular formula is C35H45N5O6S. The van der Waals surface area contributed by atoms with Crippen LogP contribution in [0, 0.1) is 24.7 Å². The quantitative estimate of drug-likeness (QED) is 0.322. The number of sulfonamides is 1. The molecule has 12 heteroatoms. The Morgan fingerprint density at radius 2 is 1.79 bits per heavy atom. The highest BCUT2D eigenvalue weighted by Crippen LogP contribution is 2.47. The van der Waals surface area contributed by atoms with Gasteiger partial charge in [0.05, 0.1) is 23.7 Å². The fourth-order valence-electron chi connectivity index (χ4n) is 6.79. The number of anilines is 1. The van der Waals surface area contributed by atoms with Gasteiger partial charge in [-0.15, -0.1) is 0 Å². The summed E-state index contributed by atoms with van der Waals surface area (Å²) in [5.74, 6) is -0.163. The lowest BCUT2D eigenvalue weighted by Crippen LogP contribution is -2.58. The number of carbonyl (C=O) groups is 2. The van der Waals surface area contributed by atoms with E-state index >= 15 is 0 Å². The van der Waals surface area contributed by atoms with Gasteiger partial charge in [0.2, 0.25) is 11.8 Å². The maximum atomic E-state index is 14.5. The number of amides is 2. The number of alkyl carbamates (subject to hydrolysis) is 1. The summed E-state index contributed by atoms with van der Waals surface area (Å²) in [6.45, 7) is 13.1. The smallest absolute Gasteiger partial charge is 0.406 e. The molecule has 1 fully saturated rings. The molecule has 2 N–H and O–H groups in total. The predicted molar refractivity (Wildman–Crippen MR) is 180 cm³/mol. The highest BCUT2D eigenvalue weighted by Gasteiger charge is 2.47. The summed E-state index contributed by atoms with van der Waals surface area (Å²) in [6, 6.07) is 13.3. The second kappa shape index (κ2) is 13.1. The van der Waals surface area contributed by atoms with Gasteiger partial charge in [-0.25, -0.2) is 22.9 Å². The zero-order valence-electron chi connectivity index (χ0n) is 28.2. The van der Waals surface area contributed by atoms with Crippen molar-refractivity contribution in [1.29, 1.82) is 0 Å². The third kappa shape index (κ3) is 7.86. The SMILES string of the molecule is COC(=O)NCCC1(C)CC(N2C(=O)c3cccc(c3)S(=O)(=O)Nc3nc(cc(-c4c(C)cccc4C)n3)OC[C@H]2CC(C)(C)C)C1. The van der Waals surface area contributed by atoms with E-state index in [-0.39, 0.29) is 57.7 Å². The molecule has 0 spiro atoms. The topological polar surface area (TPSA) is 140 Å². The van der Waals surface area contributed by atoms with Gasteiger partial charge in [0.1, 0.15) is 6.61 Å². The Balaban J connectivity index is 1.57. The fraction of sp³-hybridized carbons (Fsp3) is 0.486. The molecule has 1 aromatic heterocycles. The lowest BCUT2D eigenvalue weighted by Gasteiger charge is -2.53. The zero-order valence-corrected chi connectivity index (χ0v) is 29.0. The second-order valence-electron chi connectivity index (χ2n) is 14.3. The van der Waals surface area contributed by atoms with Gasteiger partial charge >= 0.3 is 6.09 Å². The summed E-state index contributed by atoms with van der Waals surface area (Å²) in [7, 11) is -2.82. The predicted octanol–water partition coefficient (Wildman–Crippen LogP) is 6.12. The van der Waals surface area contributed by atoms with E-state index in [2.05, 4.69) is 47.7 Å². The molecule has 1 saturated carbocycles. The van der Waals surface area contributed by atoms with Crippen LogP contribution in [0.25, 0.3) is 11.3 Å². The Morgan fingerprint density at radius 3 is 2.45 bits per heavy atom. The maximum absolute atomic E-state index is 14.5. The number of ether oxygens (including phenoxy) is 2. The molecule has 2 amide bonds. The Morgan fingerprint density at radius 1 is 1.11 bits per heavy atom. The summed E-state index contributed by atoms with van der Waals surface area (Å²) >= 11 is 0. The van der Waals surface area contributed by atoms with Gasteiger partial charge < -0.3 is 19.7 Å². The molecule has 0 saturated heterocycles. The molecule has 11 nitrogen and oxygen atoms in total. The fourth-order valence-corrected chi connectivity index (χ4v) is 7.78. The second-order valence-corrected chi connectivity index (χ2v) is 16.0. The van der Waals surface area contributed by atoms with Crippen molar-refractivity contribution in [3.8, 4) is 17.1 Å². The van der Waals surface area contributed by atoms with E-state index in [4.69, 9.17) is 9.47 Å². The molecule has 1 atom stereocenters. The number of hydrogen-bond acceptors (Lipinski definition) is 8. The van der Waals surface area contributed by atoms with E-state index in [9.17, 15) is 18.0 Å². The van der Waals surface area contributed by atoms with Crippen LogP contribution >= 0.6 is 0 Å². The third-order valence-electron chi connectivity index (χ3n) is 8.99. The summed E-state index contributed by atoms with van der Waals surface area (Å²) < 4.78 is 40.9. The first-order chi connectivity index (χ1) is 22.1. The van der Waals surface area contributed by atoms with Crippen LogP contribution in [-0.2, 0) is 14.8 Å². The molecule has 47 heavy (non-hydrogen) atoms. The lowest BCUT2D eigenvalue weighted by molar-refractivity contribution is -0.0221. The number of methoxy groups -OCH3 is 1. The van der Waals surface area contributed by atoms with Crippen molar-refractivity contribution in [3.63, 3.8) is 0 Å². The maximum Gasteiger partial charge on any atom is 0.406 e. The number of nitrogens with zero attached hydrogens (tertiary/aromatic N) is 3. The number of fused-ring (bicyclic) bond motifs is 4. The van der Waals surface area contributed by atoms with Crippen LogP contribution < -0.4 is 14.8 Å². The van der Waals surface area contributed by atoms with E-state index in [0.717, 1.165) is 36.0 Å². The number of aryl methyl sites for hydroxylation is 2. The summed E-state index contributed by atoms with van der Waals surface area (Å²) in [5.41, 5.74) is 3.36. The number of carbonyl (C=O) groups excluding carboxylic acids is 2. The van der Waals surface area contributed by atoms with Crippen LogP contribution in [0.15, 0.2) is 53.4 Å². The van der Waals surface area contributed by atoms with Crippen molar-refractivity contribution in [2.45, 2.75) is 84.2 Å². The highest BCUT2D eigenvalue weighted by molar-refractivity contribution is 7.92. The highest BCUT2D eigenvalue weighted by atomic mass is 32.2. The molecule has 2 aliphatic rings. The molecule has 1 aliphatic carbocycles. The van der Waals surface area contributed by atoms with E-state index in [0.29, 0.717) is 18.7 Å². The first-order valence-electron chi connectivity index (χ1n) is 15.9. The minimum atomic E-state index is -4.16. The van der Waals surface area contributed by atoms with Crippen molar-refractivity contribution in [1.82, 2.24) is 20.2 Å². The van der Waals surface area contributed by atoms with E-state index in [1.165, 1.54) is 19.2 Å². The van der Waals surface area contributed by atoms with E-state index in [1.807, 2.05) is 36.9 Å². The first kappa shape index (κ1) is 34.2. The van der Waals surface area contributed by atoms with Gasteiger partial charge in [-0.3, -0.25) is 4.79 Å². The molecule has 252 valence electrons. The average Bonchev–Trinajstić information content (AvgIpc) is 2.97. The van der Waals surface area contributed by atoms with Crippen LogP contribution in [0.2, 0.25) is 0 Å². The average molecular weight is 664 g/mol. The molecule has 3 aromatic rings. The van der Waals surface area contributed by atoms with Crippen molar-refractivity contribution >= 4 is 28.0 Å². The largest absolute Gasteiger partial charge is 0.475 e. The monoisotopic (exact) mass is 663 g/mol. The van der Waals surface area contributed by atoms with Crippen LogP contribution in [0.3, 0.4) is 0 Å². The van der Waals surface area contributed by atoms with Crippen molar-refractivity contribution in [2.24, 2.45) is 10.8 Å². The van der Waals surface area contributed by atoms with Crippen molar-refractivity contribution in [3.05, 3.63) is 65.2 Å². The third-order valence-corrected chi connectivity index (χ3v) is 10.3. The number of nitrogens with one attached hydrogen (secondary N) is 2. The van der Waals surface area contributed by atoms with Gasteiger partial charge in [-0.2, -0.15) is 4.98 Å². The molecule has 1 aliphatic heterocycles. The van der Waals surface area contributed by atoms with Crippen LogP contribution in [-0.4, -0.2) is 67.6 Å². The molecule has 2 aromatic carbocycles. The number of benzene rings is 2. The Hall–Kier alpha value is -4.19. The Kier molecular flexibility index (Phi) is 9.54. The molecule has 2 heterocycles. The van der Waals surface area contributed by atoms with Gasteiger partial charge in [-0.05, 0) is 79.7 Å². The summed E-state index contributed by atoms with van der Waals surface area (Å²) in [6.07, 6.45) is 2.32. The standard InChI is InChI=1S/C35H45N5O6S/c1-22-10-8-11-23(2)30(22)28-17-29-38-32(37-28)39-47(43,44)27-13-9-12-24(16-27)31(41)40(26(21-46-29)18-34(3,4)5)25-19-35(6,20-25)14-15-36-33(42)45-7/h8-13,16-17,25-26H,14-15,18-21H2,1-7H3,(H,36,42)(H,37,38,39)/t25?,26-,35?/m1/s1. The number of rotatable bonds is 6. The van der Waals surface area contributed by atoms with Gasteiger partial charge in [0.25, 0.3) is 15.9 Å². The van der Waals surface area contributed by atoms with Crippen molar-refractivity contribution in [2.75, 3.05) is 25.0 Å². The van der Waals surface area contributed by atoms with Gasteiger partial charge in [0, 0.05) is 29.8 Å². The van der Waals surface area contributed by atoms with Crippen LogP contribution in [0.5, 0.6) is 5.88 Å². The number of aromatic nitrogens is 2. The first-order valence-corrected chi connectivity index (χ1v) is 17.4. The summed E-state index contributed by atoms with van der Waals surface area (Å²) in [5, 5.41) is 2.75. The lowest BCUT2D eigenvalue weighted by atomic mass is 9.64. The van der Waals surface area contributed by atoms with Gasteiger partial charge in [0.15, 0.2) is 0 Å². The molecule has 4 bridgehead atoms. The molecule has 0 radical (unpaired) electrons. The number of hydrogen-bond donors (Lipinski definition) is 2. The molecular weight excluding hydrogens is 618 g/mol. The Bertz CT molecular complexity index is 1740. The van der Waals surface area contributed by atoms with Crippen LogP contribution in [0.4, 0.5) is 10.7 Å². The summed E-state index contributed by atoms with van der Waals surface area (Å²) in [4.78, 5) is 37.0. The normalized spacial score (nSPS) is 22.4. The Labute approximate surface area is 277 Å².